The van der Waals surface area contributed by atoms with E-state index in [1.54, 1.807) is 32.7 Å². The highest BCUT2D eigenvalue weighted by molar-refractivity contribution is 5.94. The SMILES string of the molecule is COc1ccc(CNc2cncc(C(=O)NCCc3ccccc3OC)c2)cc1. The van der Waals surface area contributed by atoms with E-state index in [4.69, 9.17) is 9.47 Å². The summed E-state index contributed by atoms with van der Waals surface area (Å²) in [7, 11) is 3.29. The maximum atomic E-state index is 12.5. The summed E-state index contributed by atoms with van der Waals surface area (Å²) in [5.74, 6) is 1.50. The number of anilines is 1. The lowest BCUT2D eigenvalue weighted by molar-refractivity contribution is 0.0953. The maximum Gasteiger partial charge on any atom is 0.252 e. The molecule has 6 heteroatoms. The fourth-order valence-corrected chi connectivity index (χ4v) is 2.93. The van der Waals surface area contributed by atoms with E-state index in [2.05, 4.69) is 15.6 Å². The van der Waals surface area contributed by atoms with E-state index in [1.807, 2.05) is 48.5 Å². The van der Waals surface area contributed by atoms with Gasteiger partial charge < -0.3 is 20.1 Å². The van der Waals surface area contributed by atoms with Crippen LogP contribution in [0.25, 0.3) is 0 Å². The number of ether oxygens (including phenoxy) is 2. The van der Waals surface area contributed by atoms with Crippen molar-refractivity contribution < 1.29 is 14.3 Å². The van der Waals surface area contributed by atoms with Gasteiger partial charge in [-0.1, -0.05) is 30.3 Å². The van der Waals surface area contributed by atoms with Crippen LogP contribution < -0.4 is 20.1 Å². The molecule has 2 N–H and O–H groups in total. The molecule has 1 amide bonds. The molecule has 3 aromatic rings. The van der Waals surface area contributed by atoms with Crippen molar-refractivity contribution >= 4 is 11.6 Å². The molecule has 2 aromatic carbocycles. The molecule has 0 fully saturated rings. The first-order valence-electron chi connectivity index (χ1n) is 9.41. The van der Waals surface area contributed by atoms with Crippen molar-refractivity contribution in [2.75, 3.05) is 26.1 Å². The second kappa shape index (κ2) is 10.1. The van der Waals surface area contributed by atoms with Crippen LogP contribution >= 0.6 is 0 Å². The van der Waals surface area contributed by atoms with E-state index in [0.29, 0.717) is 25.1 Å². The number of nitrogens with zero attached hydrogens (tertiary/aromatic N) is 1. The minimum Gasteiger partial charge on any atom is -0.497 e. The fraction of sp³-hybridized carbons (Fsp3) is 0.217. The predicted molar refractivity (Wildman–Crippen MR) is 114 cm³/mol. The number of nitrogens with one attached hydrogen (secondary N) is 2. The number of para-hydroxylation sites is 1. The van der Waals surface area contributed by atoms with Gasteiger partial charge in [0.2, 0.25) is 0 Å². The summed E-state index contributed by atoms with van der Waals surface area (Å²) in [4.78, 5) is 16.6. The third-order valence-corrected chi connectivity index (χ3v) is 4.53. The lowest BCUT2D eigenvalue weighted by atomic mass is 10.1. The molecule has 1 heterocycles. The zero-order chi connectivity index (χ0) is 20.5. The van der Waals surface area contributed by atoms with Crippen molar-refractivity contribution in [1.29, 1.82) is 0 Å². The molecule has 0 aliphatic heterocycles. The van der Waals surface area contributed by atoms with Crippen LogP contribution in [0, 0.1) is 0 Å². The van der Waals surface area contributed by atoms with E-state index in [-0.39, 0.29) is 5.91 Å². The van der Waals surface area contributed by atoms with Crippen molar-refractivity contribution in [3.63, 3.8) is 0 Å². The van der Waals surface area contributed by atoms with E-state index >= 15 is 0 Å². The minimum absolute atomic E-state index is 0.152. The Bertz CT molecular complexity index is 942. The molecular formula is C23H25N3O3. The van der Waals surface area contributed by atoms with Gasteiger partial charge in [-0.2, -0.15) is 0 Å². The Balaban J connectivity index is 1.53. The number of rotatable bonds is 9. The van der Waals surface area contributed by atoms with Crippen molar-refractivity contribution in [3.05, 3.63) is 83.7 Å². The molecule has 0 spiro atoms. The van der Waals surface area contributed by atoms with Gasteiger partial charge in [0.25, 0.3) is 5.91 Å². The molecule has 0 bridgehead atoms. The van der Waals surface area contributed by atoms with Gasteiger partial charge in [0.05, 0.1) is 25.5 Å². The Labute approximate surface area is 170 Å². The van der Waals surface area contributed by atoms with Gasteiger partial charge in [0.1, 0.15) is 11.5 Å². The van der Waals surface area contributed by atoms with Gasteiger partial charge in [0, 0.05) is 25.5 Å². The lowest BCUT2D eigenvalue weighted by Gasteiger charge is -2.10. The van der Waals surface area contributed by atoms with Gasteiger partial charge in [-0.25, -0.2) is 0 Å². The monoisotopic (exact) mass is 391 g/mol. The van der Waals surface area contributed by atoms with Gasteiger partial charge in [0.15, 0.2) is 0 Å². The minimum atomic E-state index is -0.152. The maximum absolute atomic E-state index is 12.5. The van der Waals surface area contributed by atoms with Crippen LogP contribution in [-0.4, -0.2) is 31.7 Å². The molecule has 3 rings (SSSR count). The van der Waals surface area contributed by atoms with Crippen LogP contribution in [0.15, 0.2) is 67.0 Å². The van der Waals surface area contributed by atoms with Gasteiger partial charge in [-0.3, -0.25) is 9.78 Å². The zero-order valence-corrected chi connectivity index (χ0v) is 16.6. The molecule has 0 radical (unpaired) electrons. The van der Waals surface area contributed by atoms with E-state index < -0.39 is 0 Å². The van der Waals surface area contributed by atoms with Crippen LogP contribution in [0.4, 0.5) is 5.69 Å². The van der Waals surface area contributed by atoms with Crippen LogP contribution in [-0.2, 0) is 13.0 Å². The summed E-state index contributed by atoms with van der Waals surface area (Å²) in [6, 6.07) is 17.4. The molecule has 6 nitrogen and oxygen atoms in total. The molecule has 0 unspecified atom stereocenters. The molecule has 150 valence electrons. The summed E-state index contributed by atoms with van der Waals surface area (Å²) in [5, 5.41) is 6.23. The van der Waals surface area contributed by atoms with E-state index in [9.17, 15) is 4.79 Å². The fourth-order valence-electron chi connectivity index (χ4n) is 2.93. The summed E-state index contributed by atoms with van der Waals surface area (Å²) >= 11 is 0. The van der Waals surface area contributed by atoms with Crippen LogP contribution in [0.2, 0.25) is 0 Å². The van der Waals surface area contributed by atoms with Crippen LogP contribution in [0.5, 0.6) is 11.5 Å². The highest BCUT2D eigenvalue weighted by Crippen LogP contribution is 2.17. The Morgan fingerprint density at radius 3 is 2.55 bits per heavy atom. The summed E-state index contributed by atoms with van der Waals surface area (Å²) < 4.78 is 10.5. The average Bonchev–Trinajstić information content (AvgIpc) is 2.78. The Hall–Kier alpha value is -3.54. The van der Waals surface area contributed by atoms with E-state index in [0.717, 1.165) is 28.3 Å². The molecule has 0 saturated heterocycles. The van der Waals surface area contributed by atoms with Gasteiger partial charge in [-0.05, 0) is 41.8 Å². The largest absolute Gasteiger partial charge is 0.497 e. The number of hydrogen-bond donors (Lipinski definition) is 2. The average molecular weight is 391 g/mol. The number of aromatic nitrogens is 1. The highest BCUT2D eigenvalue weighted by Gasteiger charge is 2.08. The number of amides is 1. The van der Waals surface area contributed by atoms with Crippen LogP contribution in [0.1, 0.15) is 21.5 Å². The number of hydrogen-bond acceptors (Lipinski definition) is 5. The zero-order valence-electron chi connectivity index (χ0n) is 16.6. The van der Waals surface area contributed by atoms with Gasteiger partial charge in [-0.15, -0.1) is 0 Å². The van der Waals surface area contributed by atoms with Crippen molar-refractivity contribution in [3.8, 4) is 11.5 Å². The van der Waals surface area contributed by atoms with Crippen molar-refractivity contribution in [2.24, 2.45) is 0 Å². The summed E-state index contributed by atoms with van der Waals surface area (Å²) in [5.41, 5.74) is 3.48. The second-order valence-electron chi connectivity index (χ2n) is 6.48. The Kier molecular flexibility index (Phi) is 7.05. The molecule has 0 aliphatic carbocycles. The quantitative estimate of drug-likeness (QED) is 0.582. The van der Waals surface area contributed by atoms with Gasteiger partial charge >= 0.3 is 0 Å². The number of carbonyl (C=O) groups excluding carboxylic acids is 1. The standard InChI is InChI=1S/C23H25N3O3/c1-28-21-9-7-17(8-10-21)14-26-20-13-19(15-24-16-20)23(27)25-12-11-18-5-3-4-6-22(18)29-2/h3-10,13,15-16,26H,11-12,14H2,1-2H3,(H,25,27). The Morgan fingerprint density at radius 2 is 1.79 bits per heavy atom. The molecule has 29 heavy (non-hydrogen) atoms. The number of pyridine rings is 1. The molecular weight excluding hydrogens is 366 g/mol. The predicted octanol–water partition coefficient (Wildman–Crippen LogP) is 3.68. The Morgan fingerprint density at radius 1 is 1.00 bits per heavy atom. The second-order valence-corrected chi connectivity index (χ2v) is 6.48. The van der Waals surface area contributed by atoms with Crippen molar-refractivity contribution in [1.82, 2.24) is 10.3 Å². The first-order chi connectivity index (χ1) is 14.2. The number of benzene rings is 2. The first kappa shape index (κ1) is 20.2. The topological polar surface area (TPSA) is 72.5 Å². The third-order valence-electron chi connectivity index (χ3n) is 4.53. The normalized spacial score (nSPS) is 10.3. The smallest absolute Gasteiger partial charge is 0.252 e. The third kappa shape index (κ3) is 5.72. The molecule has 0 saturated carbocycles. The summed E-state index contributed by atoms with van der Waals surface area (Å²) in [6.45, 7) is 1.15. The highest BCUT2D eigenvalue weighted by atomic mass is 16.5. The number of carbonyl (C=O) groups is 1. The molecule has 0 aliphatic rings. The molecule has 1 aromatic heterocycles. The van der Waals surface area contributed by atoms with Crippen molar-refractivity contribution in [2.45, 2.75) is 13.0 Å². The number of methoxy groups -OCH3 is 2. The van der Waals surface area contributed by atoms with Crippen LogP contribution in [0.3, 0.4) is 0 Å². The first-order valence-corrected chi connectivity index (χ1v) is 9.41. The lowest BCUT2D eigenvalue weighted by Crippen LogP contribution is -2.26. The van der Waals surface area contributed by atoms with E-state index in [1.165, 1.54) is 0 Å². The molecule has 0 atom stereocenters. The summed E-state index contributed by atoms with van der Waals surface area (Å²) in [6.07, 6.45) is 3.96.